The van der Waals surface area contributed by atoms with Crippen molar-refractivity contribution in [1.29, 1.82) is 0 Å². The summed E-state index contributed by atoms with van der Waals surface area (Å²) in [6, 6.07) is 30.1. The summed E-state index contributed by atoms with van der Waals surface area (Å²) >= 11 is 3.68. The zero-order valence-corrected chi connectivity index (χ0v) is 16.7. The van der Waals surface area contributed by atoms with E-state index in [2.05, 4.69) is 119 Å². The molecule has 0 N–H and O–H groups in total. The molecule has 0 radical (unpaired) electrons. The van der Waals surface area contributed by atoms with Crippen LogP contribution in [-0.4, -0.2) is 13.0 Å². The normalized spacial score (nSPS) is 11.3. The molecule has 3 aromatic rings. The van der Waals surface area contributed by atoms with Gasteiger partial charge in [0, 0.05) is 22.0 Å². The van der Waals surface area contributed by atoms with Crippen molar-refractivity contribution in [2.75, 3.05) is 9.85 Å². The minimum Gasteiger partial charge on any atom is -0.311 e. The van der Waals surface area contributed by atoms with Crippen LogP contribution in [0.1, 0.15) is 0 Å². The summed E-state index contributed by atoms with van der Waals surface area (Å²) in [6.45, 7) is 4.78. The van der Waals surface area contributed by atoms with Crippen LogP contribution in [0, 0.1) is 0 Å². The van der Waals surface area contributed by atoms with E-state index in [0.29, 0.717) is 0 Å². The fourth-order valence-electron chi connectivity index (χ4n) is 2.74. The maximum absolute atomic E-state index is 3.68. The number of anilines is 3. The third kappa shape index (κ3) is 3.63. The van der Waals surface area contributed by atoms with Crippen LogP contribution < -0.4 is 10.1 Å². The second-order valence-electron chi connectivity index (χ2n) is 6.57. The highest BCUT2D eigenvalue weighted by molar-refractivity contribution is 9.09. The number of para-hydroxylation sites is 2. The first-order valence-electron chi connectivity index (χ1n) is 8.18. The fourth-order valence-corrected chi connectivity index (χ4v) is 4.93. The standard InChI is InChI=1S/C21H22BrNSi/c1-24(2,17-22)21-15-13-20(14-16-21)23(18-9-5-3-6-10-18)19-11-7-4-8-12-19/h3-16H,17H2,1-2H3. The van der Waals surface area contributed by atoms with Crippen molar-refractivity contribution >= 4 is 46.3 Å². The van der Waals surface area contributed by atoms with Crippen LogP contribution in [0.15, 0.2) is 84.9 Å². The molecular formula is C21H22BrNSi. The molecule has 0 spiro atoms. The molecule has 0 bridgehead atoms. The third-order valence-electron chi connectivity index (χ3n) is 4.27. The molecule has 122 valence electrons. The topological polar surface area (TPSA) is 3.24 Å². The average Bonchev–Trinajstić information content (AvgIpc) is 2.64. The van der Waals surface area contributed by atoms with Gasteiger partial charge in [-0.25, -0.2) is 0 Å². The van der Waals surface area contributed by atoms with Crippen molar-refractivity contribution in [1.82, 2.24) is 0 Å². The lowest BCUT2D eigenvalue weighted by Gasteiger charge is -2.27. The number of benzene rings is 3. The Hall–Kier alpha value is -1.84. The van der Waals surface area contributed by atoms with Gasteiger partial charge in [0.2, 0.25) is 0 Å². The summed E-state index contributed by atoms with van der Waals surface area (Å²) in [5.74, 6) is 0. The highest BCUT2D eigenvalue weighted by Crippen LogP contribution is 2.33. The predicted octanol–water partition coefficient (Wildman–Crippen LogP) is 6.01. The Morgan fingerprint density at radius 2 is 1.08 bits per heavy atom. The van der Waals surface area contributed by atoms with Gasteiger partial charge in [0.05, 0.1) is 8.07 Å². The quantitative estimate of drug-likeness (QED) is 0.377. The number of nitrogens with zero attached hydrogens (tertiary/aromatic N) is 1. The Morgan fingerprint density at radius 3 is 1.50 bits per heavy atom. The molecule has 0 aliphatic heterocycles. The van der Waals surface area contributed by atoms with E-state index in [0.717, 1.165) is 4.95 Å². The molecule has 0 unspecified atom stereocenters. The minimum absolute atomic E-state index is 1.08. The van der Waals surface area contributed by atoms with E-state index in [1.165, 1.54) is 22.2 Å². The molecule has 24 heavy (non-hydrogen) atoms. The molecule has 0 aliphatic rings. The Morgan fingerprint density at radius 1 is 0.667 bits per heavy atom. The average molecular weight is 396 g/mol. The zero-order chi connectivity index (χ0) is 17.0. The van der Waals surface area contributed by atoms with E-state index in [-0.39, 0.29) is 0 Å². The van der Waals surface area contributed by atoms with Gasteiger partial charge in [-0.1, -0.05) is 82.7 Å². The van der Waals surface area contributed by atoms with Crippen LogP contribution in [0.3, 0.4) is 0 Å². The molecule has 0 saturated carbocycles. The third-order valence-corrected chi connectivity index (χ3v) is 11.0. The first-order chi connectivity index (χ1) is 11.6. The Bertz CT molecular complexity index is 730. The van der Waals surface area contributed by atoms with Crippen molar-refractivity contribution in [3.05, 3.63) is 84.9 Å². The van der Waals surface area contributed by atoms with E-state index in [1.807, 2.05) is 0 Å². The van der Waals surface area contributed by atoms with E-state index >= 15 is 0 Å². The van der Waals surface area contributed by atoms with Crippen LogP contribution in [0.25, 0.3) is 0 Å². The Balaban J connectivity index is 2.04. The van der Waals surface area contributed by atoms with E-state index < -0.39 is 8.07 Å². The first-order valence-corrected chi connectivity index (χ1v) is 12.5. The lowest BCUT2D eigenvalue weighted by atomic mass is 10.2. The van der Waals surface area contributed by atoms with Crippen molar-refractivity contribution < 1.29 is 0 Å². The van der Waals surface area contributed by atoms with Crippen LogP contribution >= 0.6 is 15.9 Å². The summed E-state index contributed by atoms with van der Waals surface area (Å²) in [6.07, 6.45) is 0. The highest BCUT2D eigenvalue weighted by Gasteiger charge is 2.22. The van der Waals surface area contributed by atoms with Crippen LogP contribution in [0.4, 0.5) is 17.1 Å². The number of rotatable bonds is 5. The molecule has 0 aromatic heterocycles. The van der Waals surface area contributed by atoms with Crippen molar-refractivity contribution in [2.45, 2.75) is 13.1 Å². The summed E-state index contributed by atoms with van der Waals surface area (Å²) in [5.41, 5.74) is 3.54. The molecular weight excluding hydrogens is 374 g/mol. The maximum Gasteiger partial charge on any atom is 0.0911 e. The van der Waals surface area contributed by atoms with Gasteiger partial charge in [0.1, 0.15) is 0 Å². The molecule has 0 fully saturated rings. The molecule has 3 heteroatoms. The SMILES string of the molecule is C[Si](C)(CBr)c1ccc(N(c2ccccc2)c2ccccc2)cc1. The number of hydrogen-bond donors (Lipinski definition) is 0. The predicted molar refractivity (Wildman–Crippen MR) is 112 cm³/mol. The van der Waals surface area contributed by atoms with Crippen LogP contribution in [0.2, 0.25) is 13.1 Å². The second-order valence-corrected chi connectivity index (χ2v) is 12.9. The largest absolute Gasteiger partial charge is 0.311 e. The van der Waals surface area contributed by atoms with Gasteiger partial charge in [-0.2, -0.15) is 0 Å². The van der Waals surface area contributed by atoms with Gasteiger partial charge < -0.3 is 4.90 Å². The summed E-state index contributed by atoms with van der Waals surface area (Å²) < 4.78 is 0. The monoisotopic (exact) mass is 395 g/mol. The lowest BCUT2D eigenvalue weighted by Crippen LogP contribution is -2.43. The summed E-state index contributed by atoms with van der Waals surface area (Å²) in [7, 11) is -1.37. The van der Waals surface area contributed by atoms with Crippen molar-refractivity contribution in [3.8, 4) is 0 Å². The smallest absolute Gasteiger partial charge is 0.0911 e. The van der Waals surface area contributed by atoms with Gasteiger partial charge in [0.25, 0.3) is 0 Å². The first kappa shape index (κ1) is 17.0. The van der Waals surface area contributed by atoms with E-state index in [1.54, 1.807) is 0 Å². The molecule has 3 aromatic carbocycles. The molecule has 0 saturated heterocycles. The highest BCUT2D eigenvalue weighted by atomic mass is 79.9. The molecule has 1 nitrogen and oxygen atoms in total. The van der Waals surface area contributed by atoms with Crippen LogP contribution in [-0.2, 0) is 0 Å². The Kier molecular flexibility index (Phi) is 5.22. The van der Waals surface area contributed by atoms with E-state index in [9.17, 15) is 0 Å². The Labute approximate surface area is 154 Å². The zero-order valence-electron chi connectivity index (χ0n) is 14.1. The van der Waals surface area contributed by atoms with Gasteiger partial charge in [-0.15, -0.1) is 0 Å². The summed E-state index contributed by atoms with van der Waals surface area (Å²) in [4.78, 5) is 3.38. The van der Waals surface area contributed by atoms with Gasteiger partial charge in [-0.3, -0.25) is 0 Å². The molecule has 0 amide bonds. The second kappa shape index (κ2) is 7.37. The summed E-state index contributed by atoms with van der Waals surface area (Å²) in [5, 5.41) is 1.48. The van der Waals surface area contributed by atoms with Gasteiger partial charge in [-0.05, 0) is 36.4 Å². The minimum atomic E-state index is -1.37. The van der Waals surface area contributed by atoms with Gasteiger partial charge in [0.15, 0.2) is 0 Å². The number of halogens is 1. The number of hydrogen-bond acceptors (Lipinski definition) is 1. The molecule has 0 aliphatic carbocycles. The van der Waals surface area contributed by atoms with Crippen molar-refractivity contribution in [3.63, 3.8) is 0 Å². The fraction of sp³-hybridized carbons (Fsp3) is 0.143. The lowest BCUT2D eigenvalue weighted by molar-refractivity contribution is 1.28. The van der Waals surface area contributed by atoms with Crippen molar-refractivity contribution in [2.24, 2.45) is 0 Å². The number of alkyl halides is 1. The molecule has 0 heterocycles. The van der Waals surface area contributed by atoms with Gasteiger partial charge >= 0.3 is 0 Å². The van der Waals surface area contributed by atoms with E-state index in [4.69, 9.17) is 0 Å². The molecule has 0 atom stereocenters. The van der Waals surface area contributed by atoms with Crippen LogP contribution in [0.5, 0.6) is 0 Å². The maximum atomic E-state index is 3.68. The molecule has 3 rings (SSSR count).